The summed E-state index contributed by atoms with van der Waals surface area (Å²) in [5.74, 6) is 0.439. The van der Waals surface area contributed by atoms with Gasteiger partial charge in [0.15, 0.2) is 9.84 Å². The number of anilines is 1. The molecule has 0 amide bonds. The maximum Gasteiger partial charge on any atom is 0.293 e. The van der Waals surface area contributed by atoms with E-state index in [1.807, 2.05) is 0 Å². The fourth-order valence-corrected chi connectivity index (χ4v) is 2.72. The highest BCUT2D eigenvalue weighted by Gasteiger charge is 2.31. The molecular weight excluding hydrogens is 282 g/mol. The molecule has 20 heavy (non-hydrogen) atoms. The number of rotatable bonds is 6. The average Bonchev–Trinajstić information content (AvgIpc) is 3.18. The van der Waals surface area contributed by atoms with Gasteiger partial charge in [-0.05, 0) is 30.9 Å². The summed E-state index contributed by atoms with van der Waals surface area (Å²) in [7, 11) is -3.47. The lowest BCUT2D eigenvalue weighted by Gasteiger charge is -2.17. The van der Waals surface area contributed by atoms with Crippen molar-refractivity contribution in [1.29, 1.82) is 0 Å². The summed E-state index contributed by atoms with van der Waals surface area (Å²) < 4.78 is 22.9. The number of nitrogens with zero attached hydrogens (tertiary/aromatic N) is 1. The van der Waals surface area contributed by atoms with Crippen LogP contribution >= 0.6 is 0 Å². The molecule has 1 aromatic carbocycles. The van der Waals surface area contributed by atoms with E-state index in [1.54, 1.807) is 0 Å². The first-order valence-electron chi connectivity index (χ1n) is 6.28. The van der Waals surface area contributed by atoms with Crippen LogP contribution in [0.1, 0.15) is 12.8 Å². The molecule has 0 aliphatic heterocycles. The first-order chi connectivity index (χ1) is 9.32. The van der Waals surface area contributed by atoms with Crippen LogP contribution in [0.2, 0.25) is 0 Å². The first kappa shape index (κ1) is 14.7. The van der Waals surface area contributed by atoms with Gasteiger partial charge in [0.25, 0.3) is 5.69 Å². The van der Waals surface area contributed by atoms with Gasteiger partial charge in [0.05, 0.1) is 9.82 Å². The molecule has 2 rings (SSSR count). The summed E-state index contributed by atoms with van der Waals surface area (Å²) in [5.41, 5.74) is 5.73. The van der Waals surface area contributed by atoms with E-state index in [4.69, 9.17) is 5.73 Å². The lowest BCUT2D eigenvalue weighted by molar-refractivity contribution is -0.384. The van der Waals surface area contributed by atoms with Crippen molar-refractivity contribution in [2.45, 2.75) is 23.8 Å². The standard InChI is InChI=1S/C12H17N3O4S/c1-20(18,19)9-4-5-10(12(6-9)15(16)17)14-11(7-13)8-2-3-8/h4-6,8,11,14H,2-3,7,13H2,1H3. The zero-order valence-corrected chi connectivity index (χ0v) is 11.9. The van der Waals surface area contributed by atoms with E-state index >= 15 is 0 Å². The van der Waals surface area contributed by atoms with Crippen LogP contribution in [0.4, 0.5) is 11.4 Å². The molecule has 110 valence electrons. The minimum absolute atomic E-state index is 0.0159. The van der Waals surface area contributed by atoms with E-state index in [1.165, 1.54) is 12.1 Å². The van der Waals surface area contributed by atoms with Crippen LogP contribution < -0.4 is 11.1 Å². The minimum Gasteiger partial charge on any atom is -0.375 e. The third-order valence-electron chi connectivity index (χ3n) is 3.38. The Morgan fingerprint density at radius 2 is 2.15 bits per heavy atom. The van der Waals surface area contributed by atoms with Gasteiger partial charge in [0.1, 0.15) is 5.69 Å². The Kier molecular flexibility index (Phi) is 3.96. The third kappa shape index (κ3) is 3.26. The van der Waals surface area contributed by atoms with Crippen LogP contribution in [0, 0.1) is 16.0 Å². The molecule has 1 unspecified atom stereocenters. The summed E-state index contributed by atoms with van der Waals surface area (Å²) in [6.07, 6.45) is 3.14. The smallest absolute Gasteiger partial charge is 0.293 e. The molecule has 0 spiro atoms. The number of hydrogen-bond donors (Lipinski definition) is 2. The number of nitrogens with two attached hydrogens (primary N) is 1. The van der Waals surface area contributed by atoms with E-state index in [2.05, 4.69) is 5.32 Å². The Balaban J connectivity index is 2.35. The Morgan fingerprint density at radius 3 is 2.60 bits per heavy atom. The minimum atomic E-state index is -3.47. The molecule has 1 aromatic rings. The number of nitrogens with one attached hydrogen (secondary N) is 1. The number of hydrogen-bond acceptors (Lipinski definition) is 6. The van der Waals surface area contributed by atoms with Gasteiger partial charge in [-0.1, -0.05) is 0 Å². The molecule has 7 nitrogen and oxygen atoms in total. The second-order valence-electron chi connectivity index (χ2n) is 5.03. The predicted octanol–water partition coefficient (Wildman–Crippen LogP) is 1.15. The van der Waals surface area contributed by atoms with Crippen molar-refractivity contribution in [3.05, 3.63) is 28.3 Å². The summed E-state index contributed by atoms with van der Waals surface area (Å²) in [4.78, 5) is 10.4. The molecule has 1 atom stereocenters. The van der Waals surface area contributed by atoms with Gasteiger partial charge in [-0.25, -0.2) is 8.42 Å². The van der Waals surface area contributed by atoms with E-state index in [-0.39, 0.29) is 16.6 Å². The topological polar surface area (TPSA) is 115 Å². The maximum absolute atomic E-state index is 11.5. The van der Waals surface area contributed by atoms with Crippen molar-refractivity contribution in [3.8, 4) is 0 Å². The first-order valence-corrected chi connectivity index (χ1v) is 8.17. The van der Waals surface area contributed by atoms with E-state index in [0.29, 0.717) is 18.2 Å². The van der Waals surface area contributed by atoms with Crippen molar-refractivity contribution < 1.29 is 13.3 Å². The highest BCUT2D eigenvalue weighted by molar-refractivity contribution is 7.90. The van der Waals surface area contributed by atoms with Crippen LogP contribution in [-0.2, 0) is 9.84 Å². The molecule has 1 saturated carbocycles. The highest BCUT2D eigenvalue weighted by atomic mass is 32.2. The van der Waals surface area contributed by atoms with Crippen LogP contribution in [0.3, 0.4) is 0 Å². The fourth-order valence-electron chi connectivity index (χ4n) is 2.08. The summed E-state index contributed by atoms with van der Waals surface area (Å²) in [6.45, 7) is 0.385. The molecule has 0 bridgehead atoms. The lowest BCUT2D eigenvalue weighted by atomic mass is 10.1. The predicted molar refractivity (Wildman–Crippen MR) is 75.4 cm³/mol. The fraction of sp³-hybridized carbons (Fsp3) is 0.500. The molecule has 3 N–H and O–H groups in total. The average molecular weight is 299 g/mol. The quantitative estimate of drug-likeness (QED) is 0.601. The second kappa shape index (κ2) is 5.37. The van der Waals surface area contributed by atoms with Crippen molar-refractivity contribution >= 4 is 21.2 Å². The molecular formula is C12H17N3O4S. The van der Waals surface area contributed by atoms with Crippen LogP contribution in [0.5, 0.6) is 0 Å². The van der Waals surface area contributed by atoms with Crippen LogP contribution in [0.25, 0.3) is 0 Å². The van der Waals surface area contributed by atoms with Gasteiger partial charge in [0, 0.05) is 24.9 Å². The molecule has 8 heteroatoms. The Bertz CT molecular complexity index is 626. The normalized spacial score (nSPS) is 16.7. The van der Waals surface area contributed by atoms with Crippen LogP contribution in [0.15, 0.2) is 23.1 Å². The third-order valence-corrected chi connectivity index (χ3v) is 4.49. The van der Waals surface area contributed by atoms with Crippen molar-refractivity contribution in [3.63, 3.8) is 0 Å². The monoisotopic (exact) mass is 299 g/mol. The van der Waals surface area contributed by atoms with Crippen molar-refractivity contribution in [1.82, 2.24) is 0 Å². The number of nitro groups is 1. The molecule has 0 saturated heterocycles. The second-order valence-corrected chi connectivity index (χ2v) is 7.05. The molecule has 1 aliphatic carbocycles. The van der Waals surface area contributed by atoms with E-state index in [9.17, 15) is 18.5 Å². The largest absolute Gasteiger partial charge is 0.375 e. The zero-order valence-electron chi connectivity index (χ0n) is 11.1. The van der Waals surface area contributed by atoms with Gasteiger partial charge in [-0.2, -0.15) is 0 Å². The summed E-state index contributed by atoms with van der Waals surface area (Å²) in [6, 6.07) is 3.86. The van der Waals surface area contributed by atoms with Gasteiger partial charge in [0.2, 0.25) is 0 Å². The Hall–Kier alpha value is -1.67. The summed E-state index contributed by atoms with van der Waals surface area (Å²) in [5, 5.41) is 14.2. The number of sulfone groups is 1. The molecule has 0 heterocycles. The van der Waals surface area contributed by atoms with Gasteiger partial charge in [-0.15, -0.1) is 0 Å². The van der Waals surface area contributed by atoms with Crippen molar-refractivity contribution in [2.24, 2.45) is 11.7 Å². The van der Waals surface area contributed by atoms with Crippen molar-refractivity contribution in [2.75, 3.05) is 18.1 Å². The zero-order chi connectivity index (χ0) is 14.9. The number of benzene rings is 1. The van der Waals surface area contributed by atoms with Gasteiger partial charge < -0.3 is 11.1 Å². The molecule has 0 radical (unpaired) electrons. The molecule has 0 aromatic heterocycles. The lowest BCUT2D eigenvalue weighted by Crippen LogP contribution is -2.31. The van der Waals surface area contributed by atoms with Gasteiger partial charge in [-0.3, -0.25) is 10.1 Å². The molecule has 1 fully saturated rings. The van der Waals surface area contributed by atoms with E-state index in [0.717, 1.165) is 25.2 Å². The Labute approximate surface area is 117 Å². The highest BCUT2D eigenvalue weighted by Crippen LogP contribution is 2.36. The Morgan fingerprint density at radius 1 is 1.50 bits per heavy atom. The van der Waals surface area contributed by atoms with Gasteiger partial charge >= 0.3 is 0 Å². The van der Waals surface area contributed by atoms with Crippen LogP contribution in [-0.4, -0.2) is 32.2 Å². The number of nitro benzene ring substituents is 1. The maximum atomic E-state index is 11.5. The summed E-state index contributed by atoms with van der Waals surface area (Å²) >= 11 is 0. The molecule has 1 aliphatic rings. The van der Waals surface area contributed by atoms with E-state index < -0.39 is 14.8 Å². The SMILES string of the molecule is CS(=O)(=O)c1ccc(NC(CN)C2CC2)c([N+](=O)[O-])c1.